The molecule has 0 unspecified atom stereocenters. The highest BCUT2D eigenvalue weighted by Crippen LogP contribution is 2.24. The van der Waals surface area contributed by atoms with Crippen molar-refractivity contribution in [1.82, 2.24) is 0 Å². The van der Waals surface area contributed by atoms with Gasteiger partial charge in [0, 0.05) is 13.7 Å². The zero-order valence-electron chi connectivity index (χ0n) is 9.19. The molecule has 0 saturated carbocycles. The van der Waals surface area contributed by atoms with E-state index in [1.165, 1.54) is 7.11 Å². The molecule has 1 N–H and O–H groups in total. The van der Waals surface area contributed by atoms with E-state index in [9.17, 15) is 9.50 Å². The van der Waals surface area contributed by atoms with Crippen LogP contribution in [0.4, 0.5) is 4.39 Å². The third kappa shape index (κ3) is 3.38. The van der Waals surface area contributed by atoms with Gasteiger partial charge in [-0.1, -0.05) is 13.3 Å². The lowest BCUT2D eigenvalue weighted by Gasteiger charge is -2.12. The summed E-state index contributed by atoms with van der Waals surface area (Å²) in [5, 5.41) is 9.35. The Kier molecular flexibility index (Phi) is 5.45. The van der Waals surface area contributed by atoms with Crippen LogP contribution in [0.15, 0.2) is 0 Å². The summed E-state index contributed by atoms with van der Waals surface area (Å²) >= 11 is 0. The summed E-state index contributed by atoms with van der Waals surface area (Å²) in [7, 11) is 1.38. The highest BCUT2D eigenvalue weighted by atomic mass is 19.1. The van der Waals surface area contributed by atoms with Gasteiger partial charge in [-0.2, -0.15) is 0 Å². The van der Waals surface area contributed by atoms with Gasteiger partial charge in [-0.25, -0.2) is 4.39 Å². The number of hydrogen-bond donors (Lipinski definition) is 1. The Balaban J connectivity index is 2.25. The number of hydrogen-bond acceptors (Lipinski definition) is 4. The second kappa shape index (κ2) is 6.37. The summed E-state index contributed by atoms with van der Waals surface area (Å²) in [6.45, 7) is 2.81. The standard InChI is InChI=1S/C10H19FO4/c1-3-4-5-14-6-7-8(11)9(12)10(13-2)15-7/h7-10,12H,3-6H2,1-2H3/t7-,8-,9+,10+/m1/s1. The van der Waals surface area contributed by atoms with E-state index in [-0.39, 0.29) is 6.61 Å². The number of rotatable bonds is 6. The maximum Gasteiger partial charge on any atom is 0.186 e. The van der Waals surface area contributed by atoms with Gasteiger partial charge in [-0.15, -0.1) is 0 Å². The molecule has 0 aromatic heterocycles. The molecule has 90 valence electrons. The van der Waals surface area contributed by atoms with Gasteiger partial charge >= 0.3 is 0 Å². The average Bonchev–Trinajstić information content (AvgIpc) is 2.52. The van der Waals surface area contributed by atoms with Crippen LogP contribution in [-0.2, 0) is 14.2 Å². The van der Waals surface area contributed by atoms with E-state index in [0.29, 0.717) is 6.61 Å². The highest BCUT2D eigenvalue weighted by molar-refractivity contribution is 4.86. The van der Waals surface area contributed by atoms with Crippen molar-refractivity contribution in [2.24, 2.45) is 0 Å². The third-order valence-electron chi connectivity index (χ3n) is 2.43. The summed E-state index contributed by atoms with van der Waals surface area (Å²) in [4.78, 5) is 0. The Hall–Kier alpha value is -0.230. The molecule has 0 radical (unpaired) electrons. The fourth-order valence-electron chi connectivity index (χ4n) is 1.47. The van der Waals surface area contributed by atoms with Crippen molar-refractivity contribution in [2.75, 3.05) is 20.3 Å². The molecule has 1 fully saturated rings. The van der Waals surface area contributed by atoms with Crippen LogP contribution in [0.25, 0.3) is 0 Å². The van der Waals surface area contributed by atoms with Crippen LogP contribution in [0.1, 0.15) is 19.8 Å². The van der Waals surface area contributed by atoms with E-state index < -0.39 is 24.7 Å². The zero-order chi connectivity index (χ0) is 11.3. The monoisotopic (exact) mass is 222 g/mol. The Morgan fingerprint density at radius 2 is 2.20 bits per heavy atom. The van der Waals surface area contributed by atoms with Crippen molar-refractivity contribution in [3.8, 4) is 0 Å². The van der Waals surface area contributed by atoms with Crippen LogP contribution < -0.4 is 0 Å². The number of unbranched alkanes of at least 4 members (excludes halogenated alkanes) is 1. The van der Waals surface area contributed by atoms with Gasteiger partial charge in [-0.05, 0) is 6.42 Å². The van der Waals surface area contributed by atoms with E-state index in [0.717, 1.165) is 12.8 Å². The van der Waals surface area contributed by atoms with Crippen LogP contribution in [0, 0.1) is 0 Å². The Bertz CT molecular complexity index is 179. The molecular formula is C10H19FO4. The molecule has 0 amide bonds. The molecule has 1 saturated heterocycles. The van der Waals surface area contributed by atoms with Gasteiger partial charge in [0.1, 0.15) is 12.2 Å². The fraction of sp³-hybridized carbons (Fsp3) is 1.00. The predicted molar refractivity (Wildman–Crippen MR) is 52.3 cm³/mol. The van der Waals surface area contributed by atoms with Gasteiger partial charge < -0.3 is 19.3 Å². The van der Waals surface area contributed by atoms with Gasteiger partial charge in [0.15, 0.2) is 12.5 Å². The fourth-order valence-corrected chi connectivity index (χ4v) is 1.47. The van der Waals surface area contributed by atoms with Gasteiger partial charge in [0.05, 0.1) is 6.61 Å². The molecule has 1 rings (SSSR count). The van der Waals surface area contributed by atoms with E-state index >= 15 is 0 Å². The molecule has 1 heterocycles. The first-order valence-corrected chi connectivity index (χ1v) is 5.28. The quantitative estimate of drug-likeness (QED) is 0.677. The first kappa shape index (κ1) is 12.8. The van der Waals surface area contributed by atoms with Crippen molar-refractivity contribution in [3.63, 3.8) is 0 Å². The summed E-state index contributed by atoms with van der Waals surface area (Å²) < 4.78 is 28.6. The minimum Gasteiger partial charge on any atom is -0.385 e. The number of aliphatic hydroxyl groups is 1. The minimum absolute atomic E-state index is 0.165. The van der Waals surface area contributed by atoms with Crippen LogP contribution in [0.3, 0.4) is 0 Å². The summed E-state index contributed by atoms with van der Waals surface area (Å²) in [6.07, 6.45) is -2.26. The Morgan fingerprint density at radius 1 is 1.47 bits per heavy atom. The van der Waals surface area contributed by atoms with Crippen LogP contribution in [0.5, 0.6) is 0 Å². The SMILES string of the molecule is CCCCOC[C@H]1O[C@H](OC)[C@@H](O)[C@@H]1F. The first-order valence-electron chi connectivity index (χ1n) is 5.28. The molecule has 0 aliphatic carbocycles. The molecule has 5 heteroatoms. The lowest BCUT2D eigenvalue weighted by Crippen LogP contribution is -2.31. The maximum absolute atomic E-state index is 13.4. The zero-order valence-corrected chi connectivity index (χ0v) is 9.19. The van der Waals surface area contributed by atoms with E-state index in [2.05, 4.69) is 6.92 Å². The number of halogens is 1. The Morgan fingerprint density at radius 3 is 2.73 bits per heavy atom. The molecule has 4 atom stereocenters. The van der Waals surface area contributed by atoms with Crippen LogP contribution >= 0.6 is 0 Å². The van der Waals surface area contributed by atoms with Crippen molar-refractivity contribution in [2.45, 2.75) is 44.4 Å². The molecule has 0 aromatic carbocycles. The smallest absolute Gasteiger partial charge is 0.186 e. The van der Waals surface area contributed by atoms with Crippen LogP contribution in [0.2, 0.25) is 0 Å². The molecule has 0 spiro atoms. The predicted octanol–water partition coefficient (Wildman–Crippen LogP) is 0.873. The largest absolute Gasteiger partial charge is 0.385 e. The lowest BCUT2D eigenvalue weighted by atomic mass is 10.2. The van der Waals surface area contributed by atoms with Crippen molar-refractivity contribution < 1.29 is 23.7 Å². The molecule has 0 bridgehead atoms. The van der Waals surface area contributed by atoms with Crippen LogP contribution in [-0.4, -0.2) is 50.1 Å². The van der Waals surface area contributed by atoms with Gasteiger partial charge in [-0.3, -0.25) is 0 Å². The third-order valence-corrected chi connectivity index (χ3v) is 2.43. The number of ether oxygens (including phenoxy) is 3. The molecule has 1 aliphatic rings. The second-order valence-corrected chi connectivity index (χ2v) is 3.64. The number of aliphatic hydroxyl groups excluding tert-OH is 1. The molecule has 1 aliphatic heterocycles. The lowest BCUT2D eigenvalue weighted by molar-refractivity contribution is -0.156. The van der Waals surface area contributed by atoms with Crippen molar-refractivity contribution in [3.05, 3.63) is 0 Å². The average molecular weight is 222 g/mol. The summed E-state index contributed by atoms with van der Waals surface area (Å²) in [6, 6.07) is 0. The molecule has 15 heavy (non-hydrogen) atoms. The molecule has 0 aromatic rings. The number of methoxy groups -OCH3 is 1. The summed E-state index contributed by atoms with van der Waals surface area (Å²) in [5.74, 6) is 0. The van der Waals surface area contributed by atoms with Crippen molar-refractivity contribution >= 4 is 0 Å². The molecule has 4 nitrogen and oxygen atoms in total. The summed E-state index contributed by atoms with van der Waals surface area (Å²) in [5.41, 5.74) is 0. The van der Waals surface area contributed by atoms with Crippen molar-refractivity contribution in [1.29, 1.82) is 0 Å². The highest BCUT2D eigenvalue weighted by Gasteiger charge is 2.44. The normalized spacial score (nSPS) is 36.0. The number of alkyl halides is 1. The van der Waals surface area contributed by atoms with E-state index in [1.807, 2.05) is 0 Å². The van der Waals surface area contributed by atoms with E-state index in [1.54, 1.807) is 0 Å². The Labute approximate surface area is 89.3 Å². The first-order chi connectivity index (χ1) is 7.20. The second-order valence-electron chi connectivity index (χ2n) is 3.64. The minimum atomic E-state index is -1.43. The van der Waals surface area contributed by atoms with Gasteiger partial charge in [0.25, 0.3) is 0 Å². The van der Waals surface area contributed by atoms with Gasteiger partial charge in [0.2, 0.25) is 0 Å². The maximum atomic E-state index is 13.4. The molecular weight excluding hydrogens is 203 g/mol. The topological polar surface area (TPSA) is 47.9 Å². The van der Waals surface area contributed by atoms with E-state index in [4.69, 9.17) is 14.2 Å².